The van der Waals surface area contributed by atoms with Crippen LogP contribution in [0.4, 0.5) is 0 Å². The summed E-state index contributed by atoms with van der Waals surface area (Å²) < 4.78 is 0. The molecule has 0 bridgehead atoms. The van der Waals surface area contributed by atoms with E-state index < -0.39 is 0 Å². The topological polar surface area (TPSA) is 29.1 Å². The Hall–Kier alpha value is -0.630. The van der Waals surface area contributed by atoms with Crippen molar-refractivity contribution in [1.29, 1.82) is 0 Å². The Bertz CT molecular complexity index is 219. The number of nitrogens with one attached hydrogen (secondary N) is 1. The fourth-order valence-electron chi connectivity index (χ4n) is 1.68. The Morgan fingerprint density at radius 3 is 2.71 bits per heavy atom. The Morgan fingerprint density at radius 1 is 1.50 bits per heavy atom. The summed E-state index contributed by atoms with van der Waals surface area (Å²) in [5, 5.41) is 3.34. The van der Waals surface area contributed by atoms with Gasteiger partial charge in [-0.05, 0) is 30.9 Å². The van der Waals surface area contributed by atoms with Crippen LogP contribution in [0.2, 0.25) is 0 Å². The monoisotopic (exact) mass is 195 g/mol. The van der Waals surface area contributed by atoms with Gasteiger partial charge in [0.25, 0.3) is 0 Å². The zero-order valence-corrected chi connectivity index (χ0v) is 9.47. The summed E-state index contributed by atoms with van der Waals surface area (Å²) in [7, 11) is 0. The van der Waals surface area contributed by atoms with E-state index >= 15 is 0 Å². The molecule has 0 aromatic heterocycles. The second-order valence-corrected chi connectivity index (χ2v) is 5.27. The molecule has 2 heteroatoms. The number of hydrogen-bond acceptors (Lipinski definition) is 2. The maximum atomic E-state index is 11.5. The normalized spacial score (nSPS) is 23.2. The molecule has 1 heterocycles. The van der Waals surface area contributed by atoms with Gasteiger partial charge in [-0.3, -0.25) is 4.79 Å². The Morgan fingerprint density at radius 2 is 2.21 bits per heavy atom. The van der Waals surface area contributed by atoms with Crippen LogP contribution in [0.1, 0.15) is 40.0 Å². The molecule has 80 valence electrons. The van der Waals surface area contributed by atoms with Crippen molar-refractivity contribution in [3.05, 3.63) is 12.2 Å². The molecule has 1 saturated heterocycles. The smallest absolute Gasteiger partial charge is 0.155 e. The lowest BCUT2D eigenvalue weighted by atomic mass is 9.90. The van der Waals surface area contributed by atoms with Crippen LogP contribution in [-0.2, 0) is 4.79 Å². The Balaban J connectivity index is 2.32. The second-order valence-electron chi connectivity index (χ2n) is 5.27. The molecule has 1 aliphatic heterocycles. The summed E-state index contributed by atoms with van der Waals surface area (Å²) >= 11 is 0. The van der Waals surface area contributed by atoms with Crippen molar-refractivity contribution >= 4 is 5.78 Å². The molecule has 1 atom stereocenters. The Labute approximate surface area is 86.8 Å². The first-order chi connectivity index (χ1) is 6.47. The predicted molar refractivity (Wildman–Crippen MR) is 59.2 cm³/mol. The molecular weight excluding hydrogens is 174 g/mol. The molecule has 14 heavy (non-hydrogen) atoms. The third kappa shape index (κ3) is 4.56. The number of carbonyl (C=O) groups excluding carboxylic acids is 1. The predicted octanol–water partition coefficient (Wildman–Crippen LogP) is 2.30. The van der Waals surface area contributed by atoms with E-state index in [1.54, 1.807) is 6.08 Å². The van der Waals surface area contributed by atoms with Crippen LogP contribution in [0.3, 0.4) is 0 Å². The highest BCUT2D eigenvalue weighted by molar-refractivity contribution is 5.90. The lowest BCUT2D eigenvalue weighted by Crippen LogP contribution is -2.19. The molecule has 1 N–H and O–H groups in total. The van der Waals surface area contributed by atoms with E-state index in [9.17, 15) is 4.79 Å². The summed E-state index contributed by atoms with van der Waals surface area (Å²) in [6, 6.07) is 0.430. The van der Waals surface area contributed by atoms with Gasteiger partial charge < -0.3 is 5.32 Å². The van der Waals surface area contributed by atoms with Gasteiger partial charge >= 0.3 is 0 Å². The molecule has 2 nitrogen and oxygen atoms in total. The average molecular weight is 195 g/mol. The zero-order chi connectivity index (χ0) is 10.6. The molecule has 0 spiro atoms. The van der Waals surface area contributed by atoms with Gasteiger partial charge in [-0.1, -0.05) is 26.8 Å². The molecule has 0 aromatic carbocycles. The van der Waals surface area contributed by atoms with Gasteiger partial charge in [0.1, 0.15) is 0 Å². The van der Waals surface area contributed by atoms with Crippen molar-refractivity contribution in [3.8, 4) is 0 Å². The molecule has 0 unspecified atom stereocenters. The minimum absolute atomic E-state index is 0.102. The molecule has 0 aliphatic carbocycles. The quantitative estimate of drug-likeness (QED) is 0.700. The van der Waals surface area contributed by atoms with E-state index in [2.05, 4.69) is 26.1 Å². The maximum absolute atomic E-state index is 11.5. The van der Waals surface area contributed by atoms with E-state index in [1.165, 1.54) is 12.8 Å². The van der Waals surface area contributed by atoms with Crippen LogP contribution >= 0.6 is 0 Å². The van der Waals surface area contributed by atoms with E-state index in [1.807, 2.05) is 6.08 Å². The van der Waals surface area contributed by atoms with Crippen molar-refractivity contribution in [2.24, 2.45) is 5.41 Å². The van der Waals surface area contributed by atoms with E-state index in [-0.39, 0.29) is 11.2 Å². The first-order valence-electron chi connectivity index (χ1n) is 5.42. The largest absolute Gasteiger partial charge is 0.311 e. The summed E-state index contributed by atoms with van der Waals surface area (Å²) in [5.41, 5.74) is 0.102. The minimum atomic E-state index is 0.102. The minimum Gasteiger partial charge on any atom is -0.311 e. The van der Waals surface area contributed by atoms with Gasteiger partial charge in [0.2, 0.25) is 0 Å². The van der Waals surface area contributed by atoms with Gasteiger partial charge in [0, 0.05) is 12.5 Å². The van der Waals surface area contributed by atoms with E-state index in [0.29, 0.717) is 12.5 Å². The molecule has 0 amide bonds. The van der Waals surface area contributed by atoms with Crippen LogP contribution in [0.25, 0.3) is 0 Å². The number of hydrogen-bond donors (Lipinski definition) is 1. The van der Waals surface area contributed by atoms with Crippen molar-refractivity contribution in [1.82, 2.24) is 5.32 Å². The summed E-state index contributed by atoms with van der Waals surface area (Å²) in [6.07, 6.45) is 6.79. The average Bonchev–Trinajstić information content (AvgIpc) is 2.49. The molecular formula is C12H21NO. The van der Waals surface area contributed by atoms with E-state index in [4.69, 9.17) is 0 Å². The molecule has 0 radical (unpaired) electrons. The maximum Gasteiger partial charge on any atom is 0.155 e. The van der Waals surface area contributed by atoms with Crippen LogP contribution in [-0.4, -0.2) is 18.4 Å². The number of carbonyl (C=O) groups is 1. The molecule has 1 aliphatic rings. The highest BCUT2D eigenvalue weighted by Gasteiger charge is 2.15. The van der Waals surface area contributed by atoms with Crippen LogP contribution in [0.5, 0.6) is 0 Å². The lowest BCUT2D eigenvalue weighted by molar-refractivity contribution is -0.116. The third-order valence-corrected chi connectivity index (χ3v) is 2.32. The van der Waals surface area contributed by atoms with Gasteiger partial charge in [0.15, 0.2) is 5.78 Å². The van der Waals surface area contributed by atoms with Crippen LogP contribution in [0.15, 0.2) is 12.2 Å². The third-order valence-electron chi connectivity index (χ3n) is 2.32. The standard InChI is InChI=1S/C12H21NO/c1-12(2,3)9-11(14)7-6-10-5-4-8-13-10/h6-7,10,13H,4-5,8-9H2,1-3H3/b7-6+/t10-/m1/s1. The van der Waals surface area contributed by atoms with Gasteiger partial charge in [-0.2, -0.15) is 0 Å². The SMILES string of the molecule is CC(C)(C)CC(=O)/C=C/[C@H]1CCCN1. The Kier molecular flexibility index (Phi) is 3.87. The van der Waals surface area contributed by atoms with Crippen molar-refractivity contribution < 1.29 is 4.79 Å². The van der Waals surface area contributed by atoms with Gasteiger partial charge in [-0.15, -0.1) is 0 Å². The van der Waals surface area contributed by atoms with Gasteiger partial charge in [0.05, 0.1) is 0 Å². The van der Waals surface area contributed by atoms with Crippen molar-refractivity contribution in [3.63, 3.8) is 0 Å². The zero-order valence-electron chi connectivity index (χ0n) is 9.47. The van der Waals surface area contributed by atoms with Crippen molar-refractivity contribution in [2.75, 3.05) is 6.54 Å². The fraction of sp³-hybridized carbons (Fsp3) is 0.750. The van der Waals surface area contributed by atoms with Crippen molar-refractivity contribution in [2.45, 2.75) is 46.1 Å². The first kappa shape index (κ1) is 11.4. The highest BCUT2D eigenvalue weighted by atomic mass is 16.1. The summed E-state index contributed by atoms with van der Waals surface area (Å²) in [6.45, 7) is 7.36. The lowest BCUT2D eigenvalue weighted by Gasteiger charge is -2.15. The second kappa shape index (κ2) is 4.74. The first-order valence-corrected chi connectivity index (χ1v) is 5.42. The molecule has 1 rings (SSSR count). The summed E-state index contributed by atoms with van der Waals surface area (Å²) in [4.78, 5) is 11.5. The number of ketones is 1. The number of rotatable bonds is 3. The highest BCUT2D eigenvalue weighted by Crippen LogP contribution is 2.19. The van der Waals surface area contributed by atoms with Crippen LogP contribution in [0, 0.1) is 5.41 Å². The molecule has 1 fully saturated rings. The fourth-order valence-corrected chi connectivity index (χ4v) is 1.68. The van der Waals surface area contributed by atoms with Gasteiger partial charge in [-0.25, -0.2) is 0 Å². The number of allylic oxidation sites excluding steroid dienone is 1. The summed E-state index contributed by atoms with van der Waals surface area (Å²) in [5.74, 6) is 0.242. The molecule has 0 saturated carbocycles. The molecule has 0 aromatic rings. The van der Waals surface area contributed by atoms with Crippen LogP contribution < -0.4 is 5.32 Å². The van der Waals surface area contributed by atoms with E-state index in [0.717, 1.165) is 6.54 Å².